The Bertz CT molecular complexity index is 1010. The van der Waals surface area contributed by atoms with Crippen LogP contribution in [0, 0.1) is 0 Å². The van der Waals surface area contributed by atoms with Crippen LogP contribution in [-0.2, 0) is 6.54 Å². The summed E-state index contributed by atoms with van der Waals surface area (Å²) >= 11 is 1.85. The summed E-state index contributed by atoms with van der Waals surface area (Å²) in [5.41, 5.74) is 2.47. The molecule has 0 unspecified atom stereocenters. The zero-order chi connectivity index (χ0) is 26.3. The number of allylic oxidation sites excluding steroid dienone is 1. The fourth-order valence-electron chi connectivity index (χ4n) is 4.50. The molecule has 0 spiro atoms. The zero-order valence-corrected chi connectivity index (χ0v) is 25.8. The van der Waals surface area contributed by atoms with Crippen LogP contribution in [0.25, 0.3) is 0 Å². The minimum atomic E-state index is -0.176. The average molecular weight is 606 g/mol. The van der Waals surface area contributed by atoms with Crippen LogP contribution in [0.15, 0.2) is 53.6 Å². The van der Waals surface area contributed by atoms with Gasteiger partial charge in [-0.05, 0) is 48.1 Å². The lowest BCUT2D eigenvalue weighted by atomic mass is 10.1. The number of ether oxygens (including phenoxy) is 2. The highest BCUT2D eigenvalue weighted by Gasteiger charge is 2.15. The molecule has 1 aliphatic heterocycles. The van der Waals surface area contributed by atoms with Crippen LogP contribution in [0.4, 0.5) is 5.69 Å². The van der Waals surface area contributed by atoms with Crippen molar-refractivity contribution in [1.82, 2.24) is 4.90 Å². The van der Waals surface area contributed by atoms with Gasteiger partial charge in [0.25, 0.3) is 5.91 Å². The van der Waals surface area contributed by atoms with Crippen molar-refractivity contribution in [3.05, 3.63) is 64.7 Å². The number of nitrogens with zero attached hydrogens (tertiary/aromatic N) is 1. The van der Waals surface area contributed by atoms with Crippen molar-refractivity contribution in [2.45, 2.75) is 84.6 Å². The molecule has 0 aliphatic carbocycles. The zero-order valence-electron chi connectivity index (χ0n) is 23.3. The van der Waals surface area contributed by atoms with E-state index >= 15 is 0 Å². The van der Waals surface area contributed by atoms with E-state index in [1.165, 1.54) is 56.3 Å². The van der Waals surface area contributed by atoms with E-state index in [2.05, 4.69) is 36.3 Å². The van der Waals surface area contributed by atoms with E-state index in [0.29, 0.717) is 23.7 Å². The molecule has 38 heavy (non-hydrogen) atoms. The molecule has 7 heteroatoms. The van der Waals surface area contributed by atoms with Crippen LogP contribution in [0.1, 0.15) is 94.0 Å². The molecule has 1 heterocycles. The molecule has 0 fully saturated rings. The number of unbranched alkanes of at least 4 members (excludes halogenated alkanes) is 9. The van der Waals surface area contributed by atoms with E-state index in [0.717, 1.165) is 36.5 Å². The first-order valence-corrected chi connectivity index (χ1v) is 14.8. The quantitative estimate of drug-likeness (QED) is 0.182. The predicted octanol–water partition coefficient (Wildman–Crippen LogP) is 9.19. The molecule has 0 saturated heterocycles. The van der Waals surface area contributed by atoms with Crippen LogP contribution >= 0.6 is 28.7 Å². The van der Waals surface area contributed by atoms with E-state index in [1.807, 2.05) is 30.0 Å². The molecule has 3 rings (SSSR count). The second-order valence-electron chi connectivity index (χ2n) is 9.81. The maximum Gasteiger partial charge on any atom is 0.259 e. The highest BCUT2D eigenvalue weighted by molar-refractivity contribution is 8.93. The van der Waals surface area contributed by atoms with Crippen LogP contribution in [-0.4, -0.2) is 30.4 Å². The van der Waals surface area contributed by atoms with Gasteiger partial charge in [0.1, 0.15) is 11.5 Å². The Balaban J connectivity index is 0.00000507. The summed E-state index contributed by atoms with van der Waals surface area (Å²) in [5, 5.41) is 3.05. The van der Waals surface area contributed by atoms with Gasteiger partial charge in [0, 0.05) is 24.5 Å². The Hall–Kier alpha value is -2.12. The SMILES string of the molecule is Br.CCCCCCCCCCCCOc1cc(OC)ccc1C(=O)Nc1cccc(CN2C=C(C)SC2)c1. The number of hydrogen-bond donors (Lipinski definition) is 1. The second kappa shape index (κ2) is 18.2. The molecule has 1 aliphatic rings. The summed E-state index contributed by atoms with van der Waals surface area (Å²) in [6.07, 6.45) is 15.0. The Labute approximate surface area is 244 Å². The number of carbonyl (C=O) groups excluding carboxylic acids is 1. The van der Waals surface area contributed by atoms with Gasteiger partial charge in [-0.2, -0.15) is 0 Å². The van der Waals surface area contributed by atoms with Crippen molar-refractivity contribution in [2.24, 2.45) is 0 Å². The van der Waals surface area contributed by atoms with Crippen molar-refractivity contribution in [3.8, 4) is 11.5 Å². The Kier molecular flexibility index (Phi) is 15.4. The lowest BCUT2D eigenvalue weighted by Crippen LogP contribution is -2.15. The summed E-state index contributed by atoms with van der Waals surface area (Å²) < 4.78 is 11.5. The number of hydrogen-bond acceptors (Lipinski definition) is 5. The average Bonchev–Trinajstić information content (AvgIpc) is 3.31. The predicted molar refractivity (Wildman–Crippen MR) is 167 cm³/mol. The van der Waals surface area contributed by atoms with Gasteiger partial charge in [0.2, 0.25) is 0 Å². The van der Waals surface area contributed by atoms with Gasteiger partial charge in [-0.15, -0.1) is 28.7 Å². The summed E-state index contributed by atoms with van der Waals surface area (Å²) in [5.74, 6) is 2.04. The van der Waals surface area contributed by atoms with Crippen molar-refractivity contribution in [2.75, 3.05) is 24.9 Å². The Morgan fingerprint density at radius 3 is 2.34 bits per heavy atom. The number of anilines is 1. The standard InChI is InChI=1S/C31H44N2O3S.BrH/c1-4-5-6-7-8-9-10-11-12-13-19-36-30-21-28(35-3)17-18-29(30)31(34)32-27-16-14-15-26(20-27)23-33-22-25(2)37-24-33;/h14-18,20-22H,4-13,19,23-24H2,1-3H3,(H,32,34);1H. The van der Waals surface area contributed by atoms with Gasteiger partial charge in [0.05, 0.1) is 25.2 Å². The normalized spacial score (nSPS) is 12.6. The number of halogens is 1. The van der Waals surface area contributed by atoms with Gasteiger partial charge >= 0.3 is 0 Å². The second-order valence-corrected chi connectivity index (χ2v) is 11.0. The minimum absolute atomic E-state index is 0. The first-order valence-electron chi connectivity index (χ1n) is 13.9. The molecule has 2 aromatic rings. The molecule has 1 N–H and O–H groups in total. The molecular formula is C31H45BrN2O3S. The lowest BCUT2D eigenvalue weighted by molar-refractivity contribution is 0.102. The van der Waals surface area contributed by atoms with Crippen LogP contribution < -0.4 is 14.8 Å². The molecule has 0 aromatic heterocycles. The molecule has 0 bridgehead atoms. The third-order valence-electron chi connectivity index (χ3n) is 6.58. The molecule has 0 radical (unpaired) electrons. The molecule has 2 aromatic carbocycles. The summed E-state index contributed by atoms with van der Waals surface area (Å²) in [7, 11) is 1.63. The van der Waals surface area contributed by atoms with E-state index in [1.54, 1.807) is 25.3 Å². The highest BCUT2D eigenvalue weighted by atomic mass is 79.9. The van der Waals surface area contributed by atoms with Crippen LogP contribution in [0.5, 0.6) is 11.5 Å². The van der Waals surface area contributed by atoms with Crippen LogP contribution in [0.3, 0.4) is 0 Å². The lowest BCUT2D eigenvalue weighted by Gasteiger charge is -2.16. The number of rotatable bonds is 17. The first kappa shape index (κ1) is 32.1. The molecular weight excluding hydrogens is 560 g/mol. The van der Waals surface area contributed by atoms with E-state index in [9.17, 15) is 4.79 Å². The topological polar surface area (TPSA) is 50.8 Å². The van der Waals surface area contributed by atoms with Crippen molar-refractivity contribution < 1.29 is 14.3 Å². The van der Waals surface area contributed by atoms with Gasteiger partial charge in [-0.25, -0.2) is 0 Å². The summed E-state index contributed by atoms with van der Waals surface area (Å²) in [4.78, 5) is 16.8. The fraction of sp³-hybridized carbons (Fsp3) is 0.516. The highest BCUT2D eigenvalue weighted by Crippen LogP contribution is 2.28. The maximum atomic E-state index is 13.2. The molecule has 5 nitrogen and oxygen atoms in total. The molecule has 0 saturated carbocycles. The van der Waals surface area contributed by atoms with Gasteiger partial charge in [-0.1, -0.05) is 76.8 Å². The van der Waals surface area contributed by atoms with Gasteiger partial charge in [-0.3, -0.25) is 4.79 Å². The number of methoxy groups -OCH3 is 1. The van der Waals surface area contributed by atoms with Gasteiger partial charge < -0.3 is 19.7 Å². The number of carbonyl (C=O) groups is 1. The van der Waals surface area contributed by atoms with E-state index < -0.39 is 0 Å². The minimum Gasteiger partial charge on any atom is -0.497 e. The third kappa shape index (κ3) is 11.3. The van der Waals surface area contributed by atoms with Crippen molar-refractivity contribution in [1.29, 1.82) is 0 Å². The number of nitrogens with one attached hydrogen (secondary N) is 1. The third-order valence-corrected chi connectivity index (χ3v) is 7.60. The van der Waals surface area contributed by atoms with E-state index in [-0.39, 0.29) is 22.9 Å². The number of benzene rings is 2. The van der Waals surface area contributed by atoms with Gasteiger partial charge in [0.15, 0.2) is 0 Å². The molecule has 0 atom stereocenters. The largest absolute Gasteiger partial charge is 0.497 e. The van der Waals surface area contributed by atoms with E-state index in [4.69, 9.17) is 9.47 Å². The maximum absolute atomic E-state index is 13.2. The van der Waals surface area contributed by atoms with Crippen molar-refractivity contribution >= 4 is 40.3 Å². The summed E-state index contributed by atoms with van der Waals surface area (Å²) in [6.45, 7) is 5.81. The van der Waals surface area contributed by atoms with Crippen LogP contribution in [0.2, 0.25) is 0 Å². The first-order chi connectivity index (χ1) is 18.1. The molecule has 1 amide bonds. The van der Waals surface area contributed by atoms with Crippen molar-refractivity contribution in [3.63, 3.8) is 0 Å². The Morgan fingerprint density at radius 1 is 0.974 bits per heavy atom. The monoisotopic (exact) mass is 604 g/mol. The number of amides is 1. The fourth-order valence-corrected chi connectivity index (χ4v) is 5.26. The summed E-state index contributed by atoms with van der Waals surface area (Å²) in [6, 6.07) is 13.4. The smallest absolute Gasteiger partial charge is 0.259 e. The Morgan fingerprint density at radius 2 is 1.68 bits per heavy atom. The number of thioether (sulfide) groups is 1. The molecule has 210 valence electrons.